The van der Waals surface area contributed by atoms with Crippen LogP contribution in [0.25, 0.3) is 0 Å². The highest BCUT2D eigenvalue weighted by molar-refractivity contribution is 7.91. The second-order valence-corrected chi connectivity index (χ2v) is 8.18. The molecule has 3 rings (SSSR count). The molecule has 136 valence electrons. The number of pyridine rings is 1. The topological polar surface area (TPSA) is 117 Å². The first-order chi connectivity index (χ1) is 12.4. The lowest BCUT2D eigenvalue weighted by Crippen LogP contribution is -2.38. The van der Waals surface area contributed by atoms with Crippen LogP contribution < -0.4 is 16.0 Å². The highest BCUT2D eigenvalue weighted by Gasteiger charge is 2.28. The molecule has 1 aromatic carbocycles. The Balaban J connectivity index is 1.60. The van der Waals surface area contributed by atoms with Crippen LogP contribution in [0.4, 0.5) is 16.3 Å². The molecule has 1 fully saturated rings. The molecule has 2 aromatic rings. The number of hydrogen-bond acceptors (Lipinski definition) is 5. The number of hydrogen-bond donors (Lipinski definition) is 3. The Labute approximate surface area is 150 Å². The highest BCUT2D eigenvalue weighted by Crippen LogP contribution is 2.14. The van der Waals surface area contributed by atoms with Crippen LogP contribution in [-0.4, -0.2) is 42.9 Å². The highest BCUT2D eigenvalue weighted by atomic mass is 32.2. The van der Waals surface area contributed by atoms with Crippen molar-refractivity contribution >= 4 is 33.3 Å². The number of urea groups is 1. The van der Waals surface area contributed by atoms with Crippen LogP contribution in [-0.2, 0) is 9.84 Å². The van der Waals surface area contributed by atoms with Gasteiger partial charge in [0, 0.05) is 23.5 Å². The largest absolute Gasteiger partial charge is 0.334 e. The van der Waals surface area contributed by atoms with Crippen molar-refractivity contribution in [3.8, 4) is 0 Å². The van der Waals surface area contributed by atoms with Crippen molar-refractivity contribution < 1.29 is 18.0 Å². The van der Waals surface area contributed by atoms with Crippen LogP contribution in [0.15, 0.2) is 48.7 Å². The SMILES string of the molecule is O=C(Nc1cccc(C(=O)Nc2ccccn2)c1)N[C@@H]1CCS(=O)(=O)C1. The lowest BCUT2D eigenvalue weighted by atomic mass is 10.2. The normalized spacial score (nSPS) is 18.1. The molecular weight excluding hydrogens is 356 g/mol. The summed E-state index contributed by atoms with van der Waals surface area (Å²) in [6.07, 6.45) is 1.98. The third kappa shape index (κ3) is 4.79. The van der Waals surface area contributed by atoms with Gasteiger partial charge in [0.1, 0.15) is 5.82 Å². The summed E-state index contributed by atoms with van der Waals surface area (Å²) in [6.45, 7) is 0. The van der Waals surface area contributed by atoms with Gasteiger partial charge < -0.3 is 16.0 Å². The molecule has 1 aromatic heterocycles. The van der Waals surface area contributed by atoms with Gasteiger partial charge in [-0.3, -0.25) is 4.79 Å². The van der Waals surface area contributed by atoms with E-state index in [0.717, 1.165) is 0 Å². The van der Waals surface area contributed by atoms with E-state index >= 15 is 0 Å². The molecule has 0 bridgehead atoms. The maximum Gasteiger partial charge on any atom is 0.319 e. The Morgan fingerprint density at radius 1 is 1.08 bits per heavy atom. The fourth-order valence-corrected chi connectivity index (χ4v) is 4.30. The molecule has 3 N–H and O–H groups in total. The van der Waals surface area contributed by atoms with E-state index in [1.165, 1.54) is 6.07 Å². The first-order valence-electron chi connectivity index (χ1n) is 8.02. The van der Waals surface area contributed by atoms with Crippen molar-refractivity contribution in [2.75, 3.05) is 22.1 Å². The predicted octanol–water partition coefficient (Wildman–Crippen LogP) is 1.64. The zero-order valence-electron chi connectivity index (χ0n) is 13.8. The number of carbonyl (C=O) groups is 2. The van der Waals surface area contributed by atoms with E-state index in [0.29, 0.717) is 23.5 Å². The monoisotopic (exact) mass is 374 g/mol. The van der Waals surface area contributed by atoms with Crippen molar-refractivity contribution in [2.24, 2.45) is 0 Å². The maximum atomic E-state index is 12.3. The van der Waals surface area contributed by atoms with E-state index < -0.39 is 21.9 Å². The Morgan fingerprint density at radius 2 is 1.92 bits per heavy atom. The first-order valence-corrected chi connectivity index (χ1v) is 9.84. The number of benzene rings is 1. The Kier molecular flexibility index (Phi) is 5.17. The molecule has 0 spiro atoms. The number of sulfone groups is 1. The van der Waals surface area contributed by atoms with Crippen LogP contribution in [0, 0.1) is 0 Å². The van der Waals surface area contributed by atoms with E-state index in [1.54, 1.807) is 42.6 Å². The molecule has 26 heavy (non-hydrogen) atoms. The van der Waals surface area contributed by atoms with Crippen molar-refractivity contribution in [2.45, 2.75) is 12.5 Å². The summed E-state index contributed by atoms with van der Waals surface area (Å²) in [4.78, 5) is 28.3. The summed E-state index contributed by atoms with van der Waals surface area (Å²) in [5, 5.41) is 7.91. The second kappa shape index (κ2) is 7.52. The van der Waals surface area contributed by atoms with E-state index in [-0.39, 0.29) is 17.4 Å². The molecule has 8 nitrogen and oxygen atoms in total. The van der Waals surface area contributed by atoms with Gasteiger partial charge >= 0.3 is 6.03 Å². The van der Waals surface area contributed by atoms with Crippen molar-refractivity contribution in [1.82, 2.24) is 10.3 Å². The van der Waals surface area contributed by atoms with Gasteiger partial charge in [-0.1, -0.05) is 12.1 Å². The zero-order valence-corrected chi connectivity index (χ0v) is 14.6. The molecule has 1 atom stereocenters. The number of amides is 3. The van der Waals surface area contributed by atoms with Crippen LogP contribution in [0.1, 0.15) is 16.8 Å². The minimum absolute atomic E-state index is 0.0487. The molecule has 9 heteroatoms. The van der Waals surface area contributed by atoms with Gasteiger partial charge in [-0.15, -0.1) is 0 Å². The molecular formula is C17H18N4O4S. The zero-order chi connectivity index (χ0) is 18.6. The molecule has 1 aliphatic rings. The first kappa shape index (κ1) is 17.9. The number of nitrogens with one attached hydrogen (secondary N) is 3. The van der Waals surface area contributed by atoms with Gasteiger partial charge in [-0.25, -0.2) is 18.2 Å². The van der Waals surface area contributed by atoms with Gasteiger partial charge in [0.15, 0.2) is 9.84 Å². The van der Waals surface area contributed by atoms with E-state index in [4.69, 9.17) is 0 Å². The minimum Gasteiger partial charge on any atom is -0.334 e. The number of aromatic nitrogens is 1. The van der Waals surface area contributed by atoms with Gasteiger partial charge in [0.25, 0.3) is 5.91 Å². The minimum atomic E-state index is -3.06. The summed E-state index contributed by atoms with van der Waals surface area (Å²) in [5.74, 6) is 0.110. The summed E-state index contributed by atoms with van der Waals surface area (Å²) in [5.41, 5.74) is 0.786. The molecule has 0 saturated carbocycles. The molecule has 1 aliphatic heterocycles. The number of anilines is 2. The van der Waals surface area contributed by atoms with Crippen molar-refractivity contribution in [3.05, 3.63) is 54.2 Å². The van der Waals surface area contributed by atoms with Crippen LogP contribution >= 0.6 is 0 Å². The van der Waals surface area contributed by atoms with Crippen molar-refractivity contribution in [3.63, 3.8) is 0 Å². The Hall–Kier alpha value is -2.94. The molecule has 0 radical (unpaired) electrons. The van der Waals surface area contributed by atoms with Gasteiger partial charge in [0.2, 0.25) is 0 Å². The summed E-state index contributed by atoms with van der Waals surface area (Å²) >= 11 is 0. The third-order valence-corrected chi connectivity index (χ3v) is 5.62. The quantitative estimate of drug-likeness (QED) is 0.752. The number of carbonyl (C=O) groups excluding carboxylic acids is 2. The molecule has 3 amide bonds. The van der Waals surface area contributed by atoms with Gasteiger partial charge in [-0.05, 0) is 36.8 Å². The fraction of sp³-hybridized carbons (Fsp3) is 0.235. The molecule has 0 aliphatic carbocycles. The fourth-order valence-electron chi connectivity index (χ4n) is 2.62. The average molecular weight is 374 g/mol. The van der Waals surface area contributed by atoms with Gasteiger partial charge in [-0.2, -0.15) is 0 Å². The van der Waals surface area contributed by atoms with Crippen LogP contribution in [0.5, 0.6) is 0 Å². The van der Waals surface area contributed by atoms with Crippen LogP contribution in [0.3, 0.4) is 0 Å². The lowest BCUT2D eigenvalue weighted by Gasteiger charge is -2.12. The smallest absolute Gasteiger partial charge is 0.319 e. The predicted molar refractivity (Wildman–Crippen MR) is 97.8 cm³/mol. The summed E-state index contributed by atoms with van der Waals surface area (Å²) in [7, 11) is -3.06. The van der Waals surface area contributed by atoms with Crippen molar-refractivity contribution in [1.29, 1.82) is 0 Å². The maximum absolute atomic E-state index is 12.3. The molecule has 1 saturated heterocycles. The Morgan fingerprint density at radius 3 is 2.62 bits per heavy atom. The number of rotatable bonds is 4. The van der Waals surface area contributed by atoms with E-state index in [2.05, 4.69) is 20.9 Å². The second-order valence-electron chi connectivity index (χ2n) is 5.95. The van der Waals surface area contributed by atoms with E-state index in [9.17, 15) is 18.0 Å². The van der Waals surface area contributed by atoms with Crippen LogP contribution in [0.2, 0.25) is 0 Å². The molecule has 0 unspecified atom stereocenters. The Bertz CT molecular complexity index is 915. The standard InChI is InChI=1S/C17H18N4O4S/c22-16(21-15-6-1-2-8-18-15)12-4-3-5-13(10-12)19-17(23)20-14-7-9-26(24,25)11-14/h1-6,8,10,14H,7,9,11H2,(H,18,21,22)(H2,19,20,23)/t14-/m1/s1. The third-order valence-electron chi connectivity index (χ3n) is 3.86. The lowest BCUT2D eigenvalue weighted by molar-refractivity contribution is 0.102. The summed E-state index contributed by atoms with van der Waals surface area (Å²) < 4.78 is 22.9. The van der Waals surface area contributed by atoms with E-state index in [1.807, 2.05) is 0 Å². The number of nitrogens with zero attached hydrogens (tertiary/aromatic N) is 1. The molecule has 2 heterocycles. The van der Waals surface area contributed by atoms with Gasteiger partial charge in [0.05, 0.1) is 11.5 Å². The average Bonchev–Trinajstić information content (AvgIpc) is 2.94. The summed E-state index contributed by atoms with van der Waals surface area (Å²) in [6, 6.07) is 10.7.